The summed E-state index contributed by atoms with van der Waals surface area (Å²) in [6.45, 7) is 2.03. The van der Waals surface area contributed by atoms with Crippen molar-refractivity contribution < 1.29 is 9.57 Å². The van der Waals surface area contributed by atoms with Crippen molar-refractivity contribution in [3.8, 4) is 0 Å². The van der Waals surface area contributed by atoms with Crippen LogP contribution in [0.1, 0.15) is 0 Å². The lowest BCUT2D eigenvalue weighted by molar-refractivity contribution is 0.113. The van der Waals surface area contributed by atoms with Crippen LogP contribution < -0.4 is 5.48 Å². The van der Waals surface area contributed by atoms with Crippen LogP contribution in [0.5, 0.6) is 0 Å². The predicted octanol–water partition coefficient (Wildman–Crippen LogP) is -0.166. The minimum absolute atomic E-state index is 0.554. The smallest absolute Gasteiger partial charge is 0.216 e. The molecule has 0 fully saturated rings. The SMILES string of the molecule is C1=C(C2=NCCO2)CON1. The fourth-order valence-electron chi connectivity index (χ4n) is 0.927. The monoisotopic (exact) mass is 140 g/mol. The molecule has 2 rings (SSSR count). The van der Waals surface area contributed by atoms with Crippen molar-refractivity contribution in [2.75, 3.05) is 19.8 Å². The molecule has 0 bridgehead atoms. The Morgan fingerprint density at radius 2 is 2.60 bits per heavy atom. The molecule has 0 saturated heterocycles. The molecule has 1 N–H and O–H groups in total. The van der Waals surface area contributed by atoms with Gasteiger partial charge in [0.2, 0.25) is 5.90 Å². The van der Waals surface area contributed by atoms with E-state index in [0.717, 1.165) is 18.0 Å². The van der Waals surface area contributed by atoms with Crippen LogP contribution in [0.15, 0.2) is 16.8 Å². The summed E-state index contributed by atoms with van der Waals surface area (Å²) >= 11 is 0. The lowest BCUT2D eigenvalue weighted by atomic mass is 10.3. The Hall–Kier alpha value is -1.03. The number of hydrogen-bond donors (Lipinski definition) is 1. The van der Waals surface area contributed by atoms with Gasteiger partial charge in [-0.2, -0.15) is 0 Å². The van der Waals surface area contributed by atoms with Gasteiger partial charge in [0, 0.05) is 6.20 Å². The molecule has 0 amide bonds. The van der Waals surface area contributed by atoms with Crippen LogP contribution >= 0.6 is 0 Å². The average Bonchev–Trinajstić information content (AvgIpc) is 2.59. The molecular weight excluding hydrogens is 132 g/mol. The van der Waals surface area contributed by atoms with Crippen molar-refractivity contribution in [2.45, 2.75) is 0 Å². The first kappa shape index (κ1) is 5.73. The highest BCUT2D eigenvalue weighted by Crippen LogP contribution is 2.08. The van der Waals surface area contributed by atoms with Crippen molar-refractivity contribution in [2.24, 2.45) is 4.99 Å². The van der Waals surface area contributed by atoms with Gasteiger partial charge in [0.15, 0.2) is 0 Å². The van der Waals surface area contributed by atoms with Gasteiger partial charge in [-0.3, -0.25) is 10.3 Å². The maximum atomic E-state index is 5.20. The Bertz CT molecular complexity index is 176. The number of rotatable bonds is 1. The lowest BCUT2D eigenvalue weighted by Gasteiger charge is -1.97. The average molecular weight is 140 g/mol. The van der Waals surface area contributed by atoms with Gasteiger partial charge < -0.3 is 4.74 Å². The number of ether oxygens (including phenoxy) is 1. The Balaban J connectivity index is 2.10. The van der Waals surface area contributed by atoms with Crippen molar-refractivity contribution >= 4 is 5.90 Å². The standard InChI is InChI=1S/C6H8N2O2/c1-2-9-6(7-1)5-3-8-10-4-5/h3,8H,1-2,4H2. The first-order valence-electron chi connectivity index (χ1n) is 3.21. The second-order valence-corrected chi connectivity index (χ2v) is 2.11. The number of nitrogens with one attached hydrogen (secondary N) is 1. The van der Waals surface area contributed by atoms with Gasteiger partial charge in [0.25, 0.3) is 0 Å². The Morgan fingerprint density at radius 3 is 3.20 bits per heavy atom. The van der Waals surface area contributed by atoms with Gasteiger partial charge in [0.05, 0.1) is 12.1 Å². The summed E-state index contributed by atoms with van der Waals surface area (Å²) in [6.07, 6.45) is 1.77. The molecule has 4 nitrogen and oxygen atoms in total. The van der Waals surface area contributed by atoms with Crippen LogP contribution in [-0.4, -0.2) is 25.7 Å². The van der Waals surface area contributed by atoms with Crippen LogP contribution in [0.3, 0.4) is 0 Å². The third kappa shape index (κ3) is 0.863. The summed E-state index contributed by atoms with van der Waals surface area (Å²) in [5, 5.41) is 0. The second kappa shape index (κ2) is 2.30. The normalized spacial score (nSPS) is 23.2. The molecule has 0 aromatic heterocycles. The predicted molar refractivity (Wildman–Crippen MR) is 35.4 cm³/mol. The van der Waals surface area contributed by atoms with Gasteiger partial charge in [0.1, 0.15) is 13.2 Å². The number of nitrogens with zero attached hydrogens (tertiary/aromatic N) is 1. The maximum absolute atomic E-state index is 5.20. The highest BCUT2D eigenvalue weighted by atomic mass is 16.6. The van der Waals surface area contributed by atoms with Crippen LogP contribution in [0.2, 0.25) is 0 Å². The van der Waals surface area contributed by atoms with Crippen molar-refractivity contribution in [1.82, 2.24) is 5.48 Å². The minimum Gasteiger partial charge on any atom is -0.476 e. The molecule has 2 aliphatic rings. The Kier molecular flexibility index (Phi) is 1.32. The minimum atomic E-state index is 0.554. The molecular formula is C6H8N2O2. The largest absolute Gasteiger partial charge is 0.476 e. The zero-order valence-electron chi connectivity index (χ0n) is 5.46. The van der Waals surface area contributed by atoms with Gasteiger partial charge in [-0.25, -0.2) is 4.99 Å². The first-order valence-corrected chi connectivity index (χ1v) is 3.21. The van der Waals surface area contributed by atoms with E-state index in [-0.39, 0.29) is 0 Å². The molecule has 54 valence electrons. The summed E-state index contributed by atoms with van der Waals surface area (Å²) in [7, 11) is 0. The van der Waals surface area contributed by atoms with Gasteiger partial charge in [-0.15, -0.1) is 0 Å². The van der Waals surface area contributed by atoms with E-state index in [4.69, 9.17) is 9.57 Å². The maximum Gasteiger partial charge on any atom is 0.216 e. The number of aliphatic imine (C=N–C) groups is 1. The molecule has 0 aromatic rings. The van der Waals surface area contributed by atoms with E-state index in [1.807, 2.05) is 0 Å². The van der Waals surface area contributed by atoms with E-state index in [1.165, 1.54) is 0 Å². The Morgan fingerprint density at radius 1 is 1.60 bits per heavy atom. The van der Waals surface area contributed by atoms with E-state index < -0.39 is 0 Å². The Labute approximate surface area is 58.5 Å². The van der Waals surface area contributed by atoms with Gasteiger partial charge >= 0.3 is 0 Å². The number of hydroxylamine groups is 1. The fraction of sp³-hybridized carbons (Fsp3) is 0.500. The zero-order chi connectivity index (χ0) is 6.81. The molecule has 0 spiro atoms. The molecule has 2 aliphatic heterocycles. The summed E-state index contributed by atoms with van der Waals surface area (Å²) < 4.78 is 5.20. The molecule has 4 heteroatoms. The van der Waals surface area contributed by atoms with Crippen LogP contribution in [0.25, 0.3) is 0 Å². The van der Waals surface area contributed by atoms with E-state index in [2.05, 4.69) is 10.5 Å². The van der Waals surface area contributed by atoms with Crippen LogP contribution in [0, 0.1) is 0 Å². The van der Waals surface area contributed by atoms with Gasteiger partial charge in [-0.05, 0) is 0 Å². The van der Waals surface area contributed by atoms with Crippen molar-refractivity contribution in [1.29, 1.82) is 0 Å². The van der Waals surface area contributed by atoms with E-state index in [1.54, 1.807) is 6.20 Å². The fourth-order valence-corrected chi connectivity index (χ4v) is 0.927. The molecule has 0 atom stereocenters. The van der Waals surface area contributed by atoms with Crippen LogP contribution in [0.4, 0.5) is 0 Å². The molecule has 0 saturated carbocycles. The highest BCUT2D eigenvalue weighted by molar-refractivity contribution is 5.94. The number of hydrogen-bond acceptors (Lipinski definition) is 4. The summed E-state index contributed by atoms with van der Waals surface area (Å²) in [5.74, 6) is 0.727. The van der Waals surface area contributed by atoms with Crippen LogP contribution in [-0.2, 0) is 9.57 Å². The van der Waals surface area contributed by atoms with Gasteiger partial charge in [-0.1, -0.05) is 0 Å². The highest BCUT2D eigenvalue weighted by Gasteiger charge is 2.16. The topological polar surface area (TPSA) is 42.9 Å². The van der Waals surface area contributed by atoms with E-state index >= 15 is 0 Å². The molecule has 0 aromatic carbocycles. The zero-order valence-corrected chi connectivity index (χ0v) is 5.46. The molecule has 10 heavy (non-hydrogen) atoms. The first-order chi connectivity index (χ1) is 4.97. The van der Waals surface area contributed by atoms with Crippen molar-refractivity contribution in [3.63, 3.8) is 0 Å². The molecule has 0 radical (unpaired) electrons. The molecule has 0 aliphatic carbocycles. The lowest BCUT2D eigenvalue weighted by Crippen LogP contribution is -2.04. The molecule has 2 heterocycles. The summed E-state index contributed by atoms with van der Waals surface area (Å²) in [4.78, 5) is 8.99. The third-order valence-electron chi connectivity index (χ3n) is 1.40. The summed E-state index contributed by atoms with van der Waals surface area (Å²) in [6, 6.07) is 0. The third-order valence-corrected chi connectivity index (χ3v) is 1.40. The quantitative estimate of drug-likeness (QED) is 0.550. The van der Waals surface area contributed by atoms with E-state index in [9.17, 15) is 0 Å². The summed E-state index contributed by atoms with van der Waals surface area (Å²) in [5.41, 5.74) is 3.62. The van der Waals surface area contributed by atoms with E-state index in [0.29, 0.717) is 13.2 Å². The molecule has 0 unspecified atom stereocenters. The van der Waals surface area contributed by atoms with Crippen molar-refractivity contribution in [3.05, 3.63) is 11.8 Å². The second-order valence-electron chi connectivity index (χ2n) is 2.11.